The highest BCUT2D eigenvalue weighted by Gasteiger charge is 2.28. The van der Waals surface area contributed by atoms with Gasteiger partial charge in [-0.25, -0.2) is 0 Å². The highest BCUT2D eigenvalue weighted by atomic mass is 16.5. The van der Waals surface area contributed by atoms with Gasteiger partial charge in [0.05, 0.1) is 18.6 Å². The number of carbonyl (C=O) groups is 1. The van der Waals surface area contributed by atoms with E-state index in [0.29, 0.717) is 19.4 Å². The lowest BCUT2D eigenvalue weighted by atomic mass is 9.97. The molecule has 1 amide bonds. The normalized spacial score (nSPS) is 19.3. The van der Waals surface area contributed by atoms with Gasteiger partial charge in [-0.1, -0.05) is 36.7 Å². The van der Waals surface area contributed by atoms with E-state index in [2.05, 4.69) is 10.5 Å². The van der Waals surface area contributed by atoms with E-state index in [9.17, 15) is 4.79 Å². The first kappa shape index (κ1) is 15.2. The standard InChI is InChI=1S/C15H21N3O3/c1-2-5-11(14(16)18-20)15(19)17-12-8-9-21-13-7-4-3-6-10(12)13/h3-4,6-7,11-12,20H,2,5,8-9H2,1H3,(H2,16,18)(H,17,19). The quantitative estimate of drug-likeness (QED) is 0.333. The minimum absolute atomic E-state index is 0.0466. The molecule has 4 N–H and O–H groups in total. The number of hydrogen-bond acceptors (Lipinski definition) is 4. The molecule has 0 aliphatic carbocycles. The molecule has 2 unspecified atom stereocenters. The van der Waals surface area contributed by atoms with Gasteiger partial charge in [0.15, 0.2) is 5.84 Å². The predicted octanol–water partition coefficient (Wildman–Crippen LogP) is 1.79. The number of benzene rings is 1. The van der Waals surface area contributed by atoms with Crippen molar-refractivity contribution in [3.8, 4) is 5.75 Å². The van der Waals surface area contributed by atoms with Crippen molar-refractivity contribution in [2.75, 3.05) is 6.61 Å². The Balaban J connectivity index is 2.12. The molecule has 1 aliphatic rings. The molecule has 0 fully saturated rings. The van der Waals surface area contributed by atoms with Crippen molar-refractivity contribution in [3.63, 3.8) is 0 Å². The number of amidine groups is 1. The first-order valence-corrected chi connectivity index (χ1v) is 7.16. The van der Waals surface area contributed by atoms with Crippen LogP contribution in [0.3, 0.4) is 0 Å². The second-order valence-corrected chi connectivity index (χ2v) is 5.10. The Kier molecular flexibility index (Phi) is 5.03. The predicted molar refractivity (Wildman–Crippen MR) is 79.2 cm³/mol. The fourth-order valence-electron chi connectivity index (χ4n) is 2.54. The molecular formula is C15H21N3O3. The van der Waals surface area contributed by atoms with Crippen molar-refractivity contribution < 1.29 is 14.7 Å². The molecule has 1 aliphatic heterocycles. The highest BCUT2D eigenvalue weighted by molar-refractivity contribution is 6.02. The van der Waals surface area contributed by atoms with Crippen LogP contribution in [0.25, 0.3) is 0 Å². The van der Waals surface area contributed by atoms with E-state index in [1.54, 1.807) is 0 Å². The Morgan fingerprint density at radius 1 is 1.57 bits per heavy atom. The van der Waals surface area contributed by atoms with Crippen molar-refractivity contribution >= 4 is 11.7 Å². The molecule has 0 saturated carbocycles. The van der Waals surface area contributed by atoms with E-state index in [1.165, 1.54) is 0 Å². The monoisotopic (exact) mass is 291 g/mol. The number of nitrogens with two attached hydrogens (primary N) is 1. The van der Waals surface area contributed by atoms with E-state index in [-0.39, 0.29) is 17.8 Å². The molecule has 2 atom stereocenters. The third-order valence-electron chi connectivity index (χ3n) is 3.64. The molecular weight excluding hydrogens is 270 g/mol. The number of oxime groups is 1. The summed E-state index contributed by atoms with van der Waals surface area (Å²) in [5.74, 6) is -0.0663. The van der Waals surface area contributed by atoms with Gasteiger partial charge < -0.3 is 21.0 Å². The molecule has 0 radical (unpaired) electrons. The summed E-state index contributed by atoms with van der Waals surface area (Å²) in [7, 11) is 0. The molecule has 0 saturated heterocycles. The van der Waals surface area contributed by atoms with Crippen LogP contribution in [-0.2, 0) is 4.79 Å². The molecule has 1 heterocycles. The van der Waals surface area contributed by atoms with Crippen molar-refractivity contribution in [1.29, 1.82) is 0 Å². The maximum Gasteiger partial charge on any atom is 0.231 e. The lowest BCUT2D eigenvalue weighted by molar-refractivity contribution is -0.124. The molecule has 2 rings (SSSR count). The molecule has 114 valence electrons. The Bertz CT molecular complexity index is 531. The number of para-hydroxylation sites is 1. The third-order valence-corrected chi connectivity index (χ3v) is 3.64. The van der Waals surface area contributed by atoms with Crippen LogP contribution < -0.4 is 15.8 Å². The molecule has 0 bridgehead atoms. The summed E-state index contributed by atoms with van der Waals surface area (Å²) < 4.78 is 5.57. The van der Waals surface area contributed by atoms with Gasteiger partial charge in [0.25, 0.3) is 0 Å². The van der Waals surface area contributed by atoms with Crippen LogP contribution >= 0.6 is 0 Å². The van der Waals surface area contributed by atoms with Crippen LogP contribution in [0, 0.1) is 5.92 Å². The largest absolute Gasteiger partial charge is 0.493 e. The zero-order valence-electron chi connectivity index (χ0n) is 12.1. The molecule has 6 nitrogen and oxygen atoms in total. The van der Waals surface area contributed by atoms with Crippen LogP contribution in [0.2, 0.25) is 0 Å². The van der Waals surface area contributed by atoms with Crippen molar-refractivity contribution in [2.45, 2.75) is 32.2 Å². The Morgan fingerprint density at radius 3 is 3.05 bits per heavy atom. The number of ether oxygens (including phenoxy) is 1. The zero-order chi connectivity index (χ0) is 15.2. The minimum atomic E-state index is -0.602. The van der Waals surface area contributed by atoms with Gasteiger partial charge in [0.1, 0.15) is 5.75 Å². The molecule has 1 aromatic rings. The summed E-state index contributed by atoms with van der Waals surface area (Å²) in [6.45, 7) is 2.51. The lowest BCUT2D eigenvalue weighted by Crippen LogP contribution is -2.41. The van der Waals surface area contributed by atoms with Crippen molar-refractivity contribution in [2.24, 2.45) is 16.8 Å². The zero-order valence-corrected chi connectivity index (χ0v) is 12.1. The Hall–Kier alpha value is -2.24. The van der Waals surface area contributed by atoms with Gasteiger partial charge in [0.2, 0.25) is 5.91 Å². The first-order chi connectivity index (χ1) is 10.2. The Labute approximate surface area is 124 Å². The summed E-state index contributed by atoms with van der Waals surface area (Å²) in [5.41, 5.74) is 6.58. The fourth-order valence-corrected chi connectivity index (χ4v) is 2.54. The number of nitrogens with one attached hydrogen (secondary N) is 1. The van der Waals surface area contributed by atoms with Crippen LogP contribution in [0.5, 0.6) is 5.75 Å². The second kappa shape index (κ2) is 6.97. The summed E-state index contributed by atoms with van der Waals surface area (Å²) >= 11 is 0. The van der Waals surface area contributed by atoms with Crippen LogP contribution in [0.4, 0.5) is 0 Å². The second-order valence-electron chi connectivity index (χ2n) is 5.10. The number of nitrogens with zero attached hydrogens (tertiary/aromatic N) is 1. The molecule has 0 aromatic heterocycles. The molecule has 0 spiro atoms. The topological polar surface area (TPSA) is 96.9 Å². The molecule has 1 aromatic carbocycles. The maximum absolute atomic E-state index is 12.4. The summed E-state index contributed by atoms with van der Waals surface area (Å²) in [5, 5.41) is 14.8. The molecule has 6 heteroatoms. The van der Waals surface area contributed by atoms with Crippen molar-refractivity contribution in [1.82, 2.24) is 5.32 Å². The average molecular weight is 291 g/mol. The van der Waals surface area contributed by atoms with Gasteiger partial charge in [-0.2, -0.15) is 0 Å². The van der Waals surface area contributed by atoms with Gasteiger partial charge in [-0.3, -0.25) is 4.79 Å². The number of carbonyl (C=O) groups excluding carboxylic acids is 1. The Morgan fingerprint density at radius 2 is 2.33 bits per heavy atom. The van der Waals surface area contributed by atoms with Crippen LogP contribution in [0.1, 0.15) is 37.8 Å². The van der Waals surface area contributed by atoms with Gasteiger partial charge in [-0.05, 0) is 12.5 Å². The van der Waals surface area contributed by atoms with E-state index < -0.39 is 5.92 Å². The van der Waals surface area contributed by atoms with Gasteiger partial charge in [-0.15, -0.1) is 0 Å². The smallest absolute Gasteiger partial charge is 0.231 e. The summed E-state index contributed by atoms with van der Waals surface area (Å²) in [6.07, 6.45) is 2.03. The number of rotatable bonds is 5. The maximum atomic E-state index is 12.4. The third kappa shape index (κ3) is 3.45. The average Bonchev–Trinajstić information content (AvgIpc) is 2.52. The first-order valence-electron chi connectivity index (χ1n) is 7.16. The number of fused-ring (bicyclic) bond motifs is 1. The van der Waals surface area contributed by atoms with Gasteiger partial charge in [0, 0.05) is 12.0 Å². The lowest BCUT2D eigenvalue weighted by Gasteiger charge is -2.28. The van der Waals surface area contributed by atoms with Crippen LogP contribution in [-0.4, -0.2) is 23.6 Å². The number of amides is 1. The van der Waals surface area contributed by atoms with E-state index in [1.807, 2.05) is 31.2 Å². The van der Waals surface area contributed by atoms with Crippen molar-refractivity contribution in [3.05, 3.63) is 29.8 Å². The fraction of sp³-hybridized carbons (Fsp3) is 0.467. The summed E-state index contributed by atoms with van der Waals surface area (Å²) in [4.78, 5) is 12.4. The van der Waals surface area contributed by atoms with E-state index in [4.69, 9.17) is 15.7 Å². The molecule has 21 heavy (non-hydrogen) atoms. The van der Waals surface area contributed by atoms with Gasteiger partial charge >= 0.3 is 0 Å². The summed E-state index contributed by atoms with van der Waals surface area (Å²) in [6, 6.07) is 7.55. The van der Waals surface area contributed by atoms with E-state index >= 15 is 0 Å². The minimum Gasteiger partial charge on any atom is -0.493 e. The SMILES string of the molecule is CCCC(C(=O)NC1CCOc2ccccc21)C(N)=NO. The van der Waals surface area contributed by atoms with E-state index in [0.717, 1.165) is 17.7 Å². The highest BCUT2D eigenvalue weighted by Crippen LogP contribution is 2.31. The number of hydrogen-bond donors (Lipinski definition) is 3. The van der Waals surface area contributed by atoms with Crippen LogP contribution in [0.15, 0.2) is 29.4 Å².